The molecule has 1 heterocycles. The minimum absolute atomic E-state index is 0.223. The molecule has 2 N–H and O–H groups in total. The molecule has 3 unspecified atom stereocenters. The average Bonchev–Trinajstić information content (AvgIpc) is 2.85. The van der Waals surface area contributed by atoms with Crippen LogP contribution in [0.1, 0.15) is 30.5 Å². The topological polar surface area (TPSA) is 29.3 Å². The van der Waals surface area contributed by atoms with Crippen LogP contribution in [-0.2, 0) is 6.54 Å². The third kappa shape index (κ3) is 3.02. The van der Waals surface area contributed by atoms with E-state index in [2.05, 4.69) is 72.5 Å². The highest BCUT2D eigenvalue weighted by atomic mass is 15.2. The van der Waals surface area contributed by atoms with Crippen LogP contribution in [0.4, 0.5) is 0 Å². The summed E-state index contributed by atoms with van der Waals surface area (Å²) < 4.78 is 0. The molecule has 2 nitrogen and oxygen atoms in total. The number of benzene rings is 2. The molecule has 3 atom stereocenters. The van der Waals surface area contributed by atoms with Crippen molar-refractivity contribution in [3.8, 4) is 0 Å². The first kappa shape index (κ1) is 14.3. The van der Waals surface area contributed by atoms with E-state index in [1.165, 1.54) is 11.1 Å². The summed E-state index contributed by atoms with van der Waals surface area (Å²) in [6.07, 6.45) is 1.15. The number of hydrogen-bond donors (Lipinski definition) is 1. The predicted octanol–water partition coefficient (Wildman–Crippen LogP) is 3.60. The van der Waals surface area contributed by atoms with E-state index in [0.29, 0.717) is 12.0 Å². The second-order valence-corrected chi connectivity index (χ2v) is 6.02. The molecule has 0 aliphatic carbocycles. The van der Waals surface area contributed by atoms with E-state index < -0.39 is 0 Å². The number of nitrogens with two attached hydrogens (primary N) is 1. The van der Waals surface area contributed by atoms with Crippen molar-refractivity contribution in [1.82, 2.24) is 4.90 Å². The molecule has 2 aromatic rings. The first-order valence-corrected chi connectivity index (χ1v) is 7.88. The molecule has 2 heteroatoms. The van der Waals surface area contributed by atoms with Crippen molar-refractivity contribution < 1.29 is 0 Å². The van der Waals surface area contributed by atoms with Gasteiger partial charge in [-0.15, -0.1) is 0 Å². The van der Waals surface area contributed by atoms with Crippen molar-refractivity contribution in [2.75, 3.05) is 6.54 Å². The zero-order valence-electron chi connectivity index (χ0n) is 12.7. The fraction of sp³-hybridized carbons (Fsp3) is 0.368. The van der Waals surface area contributed by atoms with Crippen molar-refractivity contribution in [1.29, 1.82) is 0 Å². The Morgan fingerprint density at radius 3 is 2.24 bits per heavy atom. The Balaban J connectivity index is 1.86. The zero-order chi connectivity index (χ0) is 14.7. The highest BCUT2D eigenvalue weighted by Gasteiger charge is 2.39. The maximum atomic E-state index is 6.57. The van der Waals surface area contributed by atoms with Crippen LogP contribution in [-0.4, -0.2) is 17.5 Å². The molecule has 110 valence electrons. The Hall–Kier alpha value is -1.64. The van der Waals surface area contributed by atoms with Gasteiger partial charge in [0, 0.05) is 19.1 Å². The van der Waals surface area contributed by atoms with Crippen LogP contribution in [0.25, 0.3) is 0 Å². The van der Waals surface area contributed by atoms with E-state index in [0.717, 1.165) is 19.5 Å². The monoisotopic (exact) mass is 280 g/mol. The van der Waals surface area contributed by atoms with Crippen LogP contribution in [0, 0.1) is 5.92 Å². The first-order chi connectivity index (χ1) is 10.3. The van der Waals surface area contributed by atoms with Gasteiger partial charge >= 0.3 is 0 Å². The van der Waals surface area contributed by atoms with E-state index in [-0.39, 0.29) is 6.04 Å². The van der Waals surface area contributed by atoms with Gasteiger partial charge in [-0.3, -0.25) is 4.90 Å². The highest BCUT2D eigenvalue weighted by molar-refractivity contribution is 5.24. The molecule has 3 rings (SSSR count). The van der Waals surface area contributed by atoms with Crippen molar-refractivity contribution >= 4 is 0 Å². The molecule has 0 spiro atoms. The molecule has 21 heavy (non-hydrogen) atoms. The molecule has 2 aromatic carbocycles. The summed E-state index contributed by atoms with van der Waals surface area (Å²) in [5, 5.41) is 0. The van der Waals surface area contributed by atoms with Gasteiger partial charge in [0.2, 0.25) is 0 Å². The zero-order valence-corrected chi connectivity index (χ0v) is 12.7. The van der Waals surface area contributed by atoms with Crippen LogP contribution in [0.3, 0.4) is 0 Å². The molecule has 1 saturated heterocycles. The average molecular weight is 280 g/mol. The van der Waals surface area contributed by atoms with E-state index in [1.54, 1.807) is 0 Å². The molecule has 0 saturated carbocycles. The molecule has 0 bridgehead atoms. The van der Waals surface area contributed by atoms with E-state index in [9.17, 15) is 0 Å². The van der Waals surface area contributed by atoms with Crippen molar-refractivity contribution in [2.45, 2.75) is 32.0 Å². The third-order valence-electron chi connectivity index (χ3n) is 4.67. The molecule has 1 aliphatic heterocycles. The quantitative estimate of drug-likeness (QED) is 0.927. The smallest absolute Gasteiger partial charge is 0.0506 e. The number of likely N-dealkylation sites (tertiary alicyclic amines) is 1. The predicted molar refractivity (Wildman–Crippen MR) is 87.8 cm³/mol. The Kier molecular flexibility index (Phi) is 4.37. The minimum atomic E-state index is 0.223. The van der Waals surface area contributed by atoms with E-state index in [4.69, 9.17) is 5.73 Å². The largest absolute Gasteiger partial charge is 0.326 e. The normalized spacial score (nSPS) is 26.1. The summed E-state index contributed by atoms with van der Waals surface area (Å²) in [7, 11) is 0. The van der Waals surface area contributed by atoms with Crippen molar-refractivity contribution in [3.05, 3.63) is 71.8 Å². The molecule has 1 aliphatic rings. The second kappa shape index (κ2) is 6.42. The fourth-order valence-electron chi connectivity index (χ4n) is 3.50. The van der Waals surface area contributed by atoms with E-state index >= 15 is 0 Å². The van der Waals surface area contributed by atoms with Crippen LogP contribution in [0.15, 0.2) is 60.7 Å². The second-order valence-electron chi connectivity index (χ2n) is 6.02. The summed E-state index contributed by atoms with van der Waals surface area (Å²) >= 11 is 0. The summed E-state index contributed by atoms with van der Waals surface area (Å²) in [4.78, 5) is 2.55. The first-order valence-electron chi connectivity index (χ1n) is 7.88. The van der Waals surface area contributed by atoms with Crippen LogP contribution in [0.5, 0.6) is 0 Å². The lowest BCUT2D eigenvalue weighted by atomic mass is 9.93. The van der Waals surface area contributed by atoms with Gasteiger partial charge in [0.1, 0.15) is 0 Å². The van der Waals surface area contributed by atoms with Gasteiger partial charge in [-0.05, 0) is 17.0 Å². The van der Waals surface area contributed by atoms with Gasteiger partial charge in [0.25, 0.3) is 0 Å². The molecule has 0 aromatic heterocycles. The Bertz CT molecular complexity index is 552. The summed E-state index contributed by atoms with van der Waals surface area (Å²) in [6.45, 7) is 4.31. The summed E-state index contributed by atoms with van der Waals surface area (Å²) in [6, 6.07) is 22.0. The lowest BCUT2D eigenvalue weighted by Crippen LogP contribution is -2.33. The van der Waals surface area contributed by atoms with Crippen molar-refractivity contribution in [2.24, 2.45) is 11.7 Å². The molecule has 0 radical (unpaired) electrons. The third-order valence-corrected chi connectivity index (χ3v) is 4.67. The maximum absolute atomic E-state index is 6.57. The van der Waals surface area contributed by atoms with Gasteiger partial charge in [-0.2, -0.15) is 0 Å². The van der Waals surface area contributed by atoms with Gasteiger partial charge in [-0.1, -0.05) is 74.0 Å². The van der Waals surface area contributed by atoms with Gasteiger partial charge in [0.05, 0.1) is 6.04 Å². The van der Waals surface area contributed by atoms with Crippen LogP contribution in [0.2, 0.25) is 0 Å². The highest BCUT2D eigenvalue weighted by Crippen LogP contribution is 2.36. The van der Waals surface area contributed by atoms with Crippen LogP contribution >= 0.6 is 0 Å². The van der Waals surface area contributed by atoms with Gasteiger partial charge in [-0.25, -0.2) is 0 Å². The number of rotatable bonds is 4. The standard InChI is InChI=1S/C19H24N2/c1-2-16-14-21(13-15-9-5-3-6-10-15)19(18(16)20)17-11-7-4-8-12-17/h3-12,16,18-19H,2,13-14,20H2,1H3. The minimum Gasteiger partial charge on any atom is -0.326 e. The van der Waals surface area contributed by atoms with Gasteiger partial charge < -0.3 is 5.73 Å². The number of hydrogen-bond acceptors (Lipinski definition) is 2. The molecule has 0 amide bonds. The molecular weight excluding hydrogens is 256 g/mol. The van der Waals surface area contributed by atoms with Crippen LogP contribution < -0.4 is 5.73 Å². The van der Waals surface area contributed by atoms with E-state index in [1.807, 2.05) is 0 Å². The Morgan fingerprint density at radius 2 is 1.62 bits per heavy atom. The fourth-order valence-corrected chi connectivity index (χ4v) is 3.50. The Labute approximate surface area is 127 Å². The summed E-state index contributed by atoms with van der Waals surface area (Å²) in [5.41, 5.74) is 9.28. The summed E-state index contributed by atoms with van der Waals surface area (Å²) in [5.74, 6) is 0.582. The number of nitrogens with zero attached hydrogens (tertiary/aromatic N) is 1. The van der Waals surface area contributed by atoms with Crippen molar-refractivity contribution in [3.63, 3.8) is 0 Å². The van der Waals surface area contributed by atoms with Gasteiger partial charge in [0.15, 0.2) is 0 Å². The molecule has 1 fully saturated rings. The lowest BCUT2D eigenvalue weighted by Gasteiger charge is -2.27. The SMILES string of the molecule is CCC1CN(Cc2ccccc2)C(c2ccccc2)C1N. The Morgan fingerprint density at radius 1 is 1.00 bits per heavy atom. The maximum Gasteiger partial charge on any atom is 0.0506 e. The lowest BCUT2D eigenvalue weighted by molar-refractivity contribution is 0.237. The molecular formula is C19H24N2.